The predicted molar refractivity (Wildman–Crippen MR) is 116 cm³/mol. The van der Waals surface area contributed by atoms with E-state index in [1.807, 2.05) is 45.9 Å². The van der Waals surface area contributed by atoms with Crippen LogP contribution in [0.2, 0.25) is 0 Å². The number of amides is 2. The van der Waals surface area contributed by atoms with Gasteiger partial charge in [-0.25, -0.2) is 4.39 Å². The molecular formula is C24H31FN2O3. The molecule has 0 spiro atoms. The van der Waals surface area contributed by atoms with Crippen LogP contribution in [0, 0.1) is 19.7 Å². The number of nitrogens with zero attached hydrogens (tertiary/aromatic N) is 1. The summed E-state index contributed by atoms with van der Waals surface area (Å²) >= 11 is 0. The first-order valence-corrected chi connectivity index (χ1v) is 10.2. The van der Waals surface area contributed by atoms with Crippen molar-refractivity contribution < 1.29 is 18.7 Å². The zero-order valence-electron chi connectivity index (χ0n) is 18.4. The molecule has 2 amide bonds. The lowest BCUT2D eigenvalue weighted by molar-refractivity contribution is -0.142. The monoisotopic (exact) mass is 414 g/mol. The molecule has 0 aliphatic rings. The molecule has 0 saturated carbocycles. The minimum absolute atomic E-state index is 0.00856. The van der Waals surface area contributed by atoms with Gasteiger partial charge in [0.05, 0.1) is 0 Å². The van der Waals surface area contributed by atoms with Crippen molar-refractivity contribution in [3.05, 3.63) is 65.0 Å². The van der Waals surface area contributed by atoms with E-state index in [-0.39, 0.29) is 36.8 Å². The Bertz CT molecular complexity index is 847. The molecule has 0 aromatic heterocycles. The molecule has 0 fully saturated rings. The number of ether oxygens (including phenoxy) is 1. The number of hydrogen-bond acceptors (Lipinski definition) is 3. The third-order valence-electron chi connectivity index (χ3n) is 4.99. The van der Waals surface area contributed by atoms with Crippen molar-refractivity contribution in [3.63, 3.8) is 0 Å². The number of aryl methyl sites for hydroxylation is 2. The maximum Gasteiger partial charge on any atom is 0.261 e. The summed E-state index contributed by atoms with van der Waals surface area (Å²) in [6, 6.07) is 11.0. The molecular weight excluding hydrogens is 383 g/mol. The molecule has 0 bridgehead atoms. The summed E-state index contributed by atoms with van der Waals surface area (Å²) in [5.41, 5.74) is 2.82. The van der Waals surface area contributed by atoms with Crippen LogP contribution in [0.25, 0.3) is 0 Å². The minimum atomic E-state index is -0.695. The Kier molecular flexibility index (Phi) is 8.39. The normalized spacial score (nSPS) is 12.7. The Morgan fingerprint density at radius 2 is 1.67 bits per heavy atom. The van der Waals surface area contributed by atoms with Crippen molar-refractivity contribution in [1.29, 1.82) is 0 Å². The fourth-order valence-corrected chi connectivity index (χ4v) is 3.08. The standard InChI is InChI=1S/C24H31FN2O3/c1-6-18(4)26-24(29)19(5)27(14-20-7-9-21(25)10-8-20)23(28)15-30-22-12-16(2)11-17(3)13-22/h7-13,18-19H,6,14-15H2,1-5H3,(H,26,29)/t18-,19+/m0/s1. The lowest BCUT2D eigenvalue weighted by Gasteiger charge is -2.29. The highest BCUT2D eigenvalue weighted by Gasteiger charge is 2.27. The van der Waals surface area contributed by atoms with Crippen LogP contribution in [0.4, 0.5) is 4.39 Å². The van der Waals surface area contributed by atoms with Gasteiger partial charge in [0.1, 0.15) is 17.6 Å². The number of benzene rings is 2. The molecule has 5 nitrogen and oxygen atoms in total. The first-order valence-electron chi connectivity index (χ1n) is 10.2. The fourth-order valence-electron chi connectivity index (χ4n) is 3.08. The lowest BCUT2D eigenvalue weighted by atomic mass is 10.1. The van der Waals surface area contributed by atoms with Crippen LogP contribution in [0.5, 0.6) is 5.75 Å². The predicted octanol–water partition coefficient (Wildman–Crippen LogP) is 4.15. The molecule has 0 unspecified atom stereocenters. The van der Waals surface area contributed by atoms with Crippen LogP contribution in [-0.2, 0) is 16.1 Å². The van der Waals surface area contributed by atoms with Gasteiger partial charge in [-0.15, -0.1) is 0 Å². The fraction of sp³-hybridized carbons (Fsp3) is 0.417. The smallest absolute Gasteiger partial charge is 0.261 e. The van der Waals surface area contributed by atoms with E-state index in [0.717, 1.165) is 23.1 Å². The first-order chi connectivity index (χ1) is 14.2. The van der Waals surface area contributed by atoms with Gasteiger partial charge in [-0.05, 0) is 75.1 Å². The highest BCUT2D eigenvalue weighted by Crippen LogP contribution is 2.17. The molecule has 2 rings (SSSR count). The van der Waals surface area contributed by atoms with E-state index in [4.69, 9.17) is 4.74 Å². The second kappa shape index (κ2) is 10.8. The van der Waals surface area contributed by atoms with Crippen LogP contribution in [0.1, 0.15) is 43.9 Å². The SMILES string of the molecule is CC[C@H](C)NC(=O)[C@@H](C)N(Cc1ccc(F)cc1)C(=O)COc1cc(C)cc(C)c1. The summed E-state index contributed by atoms with van der Waals surface area (Å²) in [5.74, 6) is -0.284. The summed E-state index contributed by atoms with van der Waals surface area (Å²) in [6.07, 6.45) is 0.792. The Morgan fingerprint density at radius 1 is 1.07 bits per heavy atom. The number of halogens is 1. The molecule has 30 heavy (non-hydrogen) atoms. The summed E-state index contributed by atoms with van der Waals surface area (Å²) in [6.45, 7) is 9.51. The molecule has 0 aliphatic carbocycles. The summed E-state index contributed by atoms with van der Waals surface area (Å²) in [5, 5.41) is 2.91. The molecule has 0 heterocycles. The van der Waals surface area contributed by atoms with Crippen LogP contribution in [0.15, 0.2) is 42.5 Å². The molecule has 2 aromatic carbocycles. The highest BCUT2D eigenvalue weighted by molar-refractivity contribution is 5.88. The maximum absolute atomic E-state index is 13.3. The van der Waals surface area contributed by atoms with Gasteiger partial charge in [-0.3, -0.25) is 9.59 Å². The zero-order valence-corrected chi connectivity index (χ0v) is 18.4. The first kappa shape index (κ1) is 23.4. The Labute approximate surface area is 178 Å². The maximum atomic E-state index is 13.3. The van der Waals surface area contributed by atoms with Crippen LogP contribution in [-0.4, -0.2) is 35.4 Å². The van der Waals surface area contributed by atoms with Gasteiger partial charge in [-0.1, -0.05) is 25.1 Å². The molecule has 162 valence electrons. The number of carbonyl (C=O) groups excluding carboxylic acids is 2. The molecule has 0 aliphatic heterocycles. The zero-order chi connectivity index (χ0) is 22.3. The number of nitrogens with one attached hydrogen (secondary N) is 1. The lowest BCUT2D eigenvalue weighted by Crippen LogP contribution is -2.50. The number of hydrogen-bond donors (Lipinski definition) is 1. The van der Waals surface area contributed by atoms with E-state index in [9.17, 15) is 14.0 Å². The third kappa shape index (κ3) is 6.87. The van der Waals surface area contributed by atoms with Crippen molar-refractivity contribution in [3.8, 4) is 5.75 Å². The Balaban J connectivity index is 2.16. The van der Waals surface area contributed by atoms with Gasteiger partial charge in [-0.2, -0.15) is 0 Å². The molecule has 0 saturated heterocycles. The summed E-state index contributed by atoms with van der Waals surface area (Å²) < 4.78 is 19.0. The van der Waals surface area contributed by atoms with Crippen molar-refractivity contribution >= 4 is 11.8 Å². The van der Waals surface area contributed by atoms with E-state index in [1.165, 1.54) is 17.0 Å². The summed E-state index contributed by atoms with van der Waals surface area (Å²) in [7, 11) is 0. The minimum Gasteiger partial charge on any atom is -0.484 e. The third-order valence-corrected chi connectivity index (χ3v) is 4.99. The molecule has 2 aromatic rings. The number of rotatable bonds is 9. The van der Waals surface area contributed by atoms with Crippen LogP contribution < -0.4 is 10.1 Å². The van der Waals surface area contributed by atoms with E-state index < -0.39 is 6.04 Å². The van der Waals surface area contributed by atoms with Gasteiger partial charge >= 0.3 is 0 Å². The second-order valence-corrected chi connectivity index (χ2v) is 7.75. The van der Waals surface area contributed by atoms with Crippen molar-refractivity contribution in [2.75, 3.05) is 6.61 Å². The van der Waals surface area contributed by atoms with Crippen LogP contribution >= 0.6 is 0 Å². The van der Waals surface area contributed by atoms with Gasteiger partial charge < -0.3 is 15.0 Å². The Morgan fingerprint density at radius 3 is 2.23 bits per heavy atom. The Hall–Kier alpha value is -2.89. The molecule has 6 heteroatoms. The van der Waals surface area contributed by atoms with Gasteiger partial charge in [0.25, 0.3) is 5.91 Å². The largest absolute Gasteiger partial charge is 0.484 e. The van der Waals surface area contributed by atoms with Gasteiger partial charge in [0.15, 0.2) is 6.61 Å². The number of carbonyl (C=O) groups is 2. The summed E-state index contributed by atoms with van der Waals surface area (Å²) in [4.78, 5) is 27.1. The topological polar surface area (TPSA) is 58.6 Å². The van der Waals surface area contributed by atoms with Crippen LogP contribution in [0.3, 0.4) is 0 Å². The quantitative estimate of drug-likeness (QED) is 0.671. The van der Waals surface area contributed by atoms with Crippen molar-refractivity contribution in [1.82, 2.24) is 10.2 Å². The van der Waals surface area contributed by atoms with Crippen molar-refractivity contribution in [2.24, 2.45) is 0 Å². The average molecular weight is 415 g/mol. The van der Waals surface area contributed by atoms with E-state index >= 15 is 0 Å². The van der Waals surface area contributed by atoms with Gasteiger partial charge in [0, 0.05) is 12.6 Å². The molecule has 1 N–H and O–H groups in total. The van der Waals surface area contributed by atoms with Crippen molar-refractivity contribution in [2.45, 2.75) is 59.7 Å². The molecule has 0 radical (unpaired) electrons. The second-order valence-electron chi connectivity index (χ2n) is 7.75. The average Bonchev–Trinajstić information content (AvgIpc) is 2.70. The van der Waals surface area contributed by atoms with E-state index in [0.29, 0.717) is 5.75 Å². The molecule has 2 atom stereocenters. The highest BCUT2D eigenvalue weighted by atomic mass is 19.1. The van der Waals surface area contributed by atoms with E-state index in [1.54, 1.807) is 19.1 Å². The van der Waals surface area contributed by atoms with E-state index in [2.05, 4.69) is 5.32 Å². The van der Waals surface area contributed by atoms with Gasteiger partial charge in [0.2, 0.25) is 5.91 Å².